The zero-order valence-electron chi connectivity index (χ0n) is 9.97. The molecular formula is C11H26OSi. The molecule has 0 bridgehead atoms. The molecule has 2 heteroatoms. The summed E-state index contributed by atoms with van der Waals surface area (Å²) in [7, 11) is 1.08. The van der Waals surface area contributed by atoms with Gasteiger partial charge in [-0.15, -0.1) is 0 Å². The number of hydrogen-bond acceptors (Lipinski definition) is 1. The maximum absolute atomic E-state index is 5.59. The molecule has 0 unspecified atom stereocenters. The van der Waals surface area contributed by atoms with Crippen LogP contribution in [0.3, 0.4) is 0 Å². The predicted octanol–water partition coefficient (Wildman–Crippen LogP) is 3.45. The van der Waals surface area contributed by atoms with Crippen LogP contribution in [0.1, 0.15) is 40.5 Å². The van der Waals surface area contributed by atoms with Crippen LogP contribution in [0.4, 0.5) is 0 Å². The maximum Gasteiger partial charge on any atom is 0.176 e. The Labute approximate surface area is 85.6 Å². The van der Waals surface area contributed by atoms with Gasteiger partial charge >= 0.3 is 0 Å². The number of rotatable bonds is 7. The largest absolute Gasteiger partial charge is 0.423 e. The van der Waals surface area contributed by atoms with Crippen molar-refractivity contribution >= 4 is 9.04 Å². The van der Waals surface area contributed by atoms with Crippen molar-refractivity contribution in [1.29, 1.82) is 0 Å². The Kier molecular flexibility index (Phi) is 7.67. The van der Waals surface area contributed by atoms with Gasteiger partial charge in [0.25, 0.3) is 0 Å². The van der Waals surface area contributed by atoms with Gasteiger partial charge in [0.05, 0.1) is 0 Å². The summed E-state index contributed by atoms with van der Waals surface area (Å²) in [6, 6.07) is 2.72. The third kappa shape index (κ3) is 8.51. The molecule has 0 saturated carbocycles. The van der Waals surface area contributed by atoms with Crippen molar-refractivity contribution in [2.45, 2.75) is 52.6 Å². The van der Waals surface area contributed by atoms with E-state index < -0.39 is 9.04 Å². The van der Waals surface area contributed by atoms with Crippen molar-refractivity contribution in [1.82, 2.24) is 0 Å². The fourth-order valence-corrected chi connectivity index (χ4v) is 4.26. The van der Waals surface area contributed by atoms with Gasteiger partial charge in [-0.1, -0.05) is 40.5 Å². The van der Waals surface area contributed by atoms with E-state index >= 15 is 0 Å². The normalized spacial score (nSPS) is 12.0. The van der Waals surface area contributed by atoms with Crippen LogP contribution in [0.25, 0.3) is 0 Å². The summed E-state index contributed by atoms with van der Waals surface area (Å²) in [5, 5.41) is 0. The first-order valence-electron chi connectivity index (χ1n) is 5.59. The third-order valence-corrected chi connectivity index (χ3v) is 5.09. The Bertz CT molecular complexity index is 101. The van der Waals surface area contributed by atoms with Gasteiger partial charge in [0.2, 0.25) is 0 Å². The van der Waals surface area contributed by atoms with Crippen LogP contribution in [-0.4, -0.2) is 16.2 Å². The fourth-order valence-electron chi connectivity index (χ4n) is 1.42. The van der Waals surface area contributed by atoms with E-state index in [9.17, 15) is 0 Å². The lowest BCUT2D eigenvalue weighted by atomic mass is 10.2. The highest BCUT2D eigenvalue weighted by atomic mass is 28.3. The summed E-state index contributed by atoms with van der Waals surface area (Å²) < 4.78 is 5.59. The Hall–Kier alpha value is 0.177. The standard InChI is InChI=1S/C11H26OSi/c1-10(2)6-8-13(12-5)9-7-11(3)4/h10-11,13H,6-9H2,1-5H3. The number of hydrogen-bond donors (Lipinski definition) is 0. The van der Waals surface area contributed by atoms with E-state index in [1.807, 2.05) is 7.11 Å². The first-order valence-corrected chi connectivity index (χ1v) is 7.69. The summed E-state index contributed by atoms with van der Waals surface area (Å²) in [5.74, 6) is 1.67. The molecule has 0 heterocycles. The predicted molar refractivity (Wildman–Crippen MR) is 62.7 cm³/mol. The highest BCUT2D eigenvalue weighted by Gasteiger charge is 2.11. The molecule has 1 nitrogen and oxygen atoms in total. The van der Waals surface area contributed by atoms with Crippen molar-refractivity contribution in [3.63, 3.8) is 0 Å². The van der Waals surface area contributed by atoms with Crippen molar-refractivity contribution in [2.75, 3.05) is 7.11 Å². The quantitative estimate of drug-likeness (QED) is 0.575. The molecular weight excluding hydrogens is 176 g/mol. The van der Waals surface area contributed by atoms with E-state index in [2.05, 4.69) is 27.7 Å². The summed E-state index contributed by atoms with van der Waals surface area (Å²) in [5.41, 5.74) is 0. The Morgan fingerprint density at radius 2 is 1.31 bits per heavy atom. The summed E-state index contributed by atoms with van der Waals surface area (Å²) >= 11 is 0. The molecule has 0 aliphatic carbocycles. The Balaban J connectivity index is 3.51. The van der Waals surface area contributed by atoms with Crippen molar-refractivity contribution in [3.8, 4) is 0 Å². The summed E-state index contributed by atoms with van der Waals surface area (Å²) in [4.78, 5) is 0. The minimum absolute atomic E-state index is 0.825. The van der Waals surface area contributed by atoms with Crippen LogP contribution < -0.4 is 0 Å². The lowest BCUT2D eigenvalue weighted by Gasteiger charge is -2.15. The van der Waals surface area contributed by atoms with Crippen molar-refractivity contribution in [2.24, 2.45) is 11.8 Å². The molecule has 0 radical (unpaired) electrons. The zero-order chi connectivity index (χ0) is 10.3. The third-order valence-electron chi connectivity index (χ3n) is 2.47. The molecule has 0 atom stereocenters. The van der Waals surface area contributed by atoms with E-state index in [-0.39, 0.29) is 0 Å². The molecule has 0 aromatic carbocycles. The van der Waals surface area contributed by atoms with Gasteiger partial charge in [0.15, 0.2) is 9.04 Å². The average molecular weight is 202 g/mol. The fraction of sp³-hybridized carbons (Fsp3) is 1.00. The molecule has 0 rings (SSSR count). The van der Waals surface area contributed by atoms with Gasteiger partial charge in [0.1, 0.15) is 0 Å². The Morgan fingerprint density at radius 1 is 0.923 bits per heavy atom. The molecule has 0 saturated heterocycles. The van der Waals surface area contributed by atoms with Gasteiger partial charge in [-0.3, -0.25) is 0 Å². The second kappa shape index (κ2) is 7.57. The van der Waals surface area contributed by atoms with Gasteiger partial charge < -0.3 is 4.43 Å². The van der Waals surface area contributed by atoms with Gasteiger partial charge in [-0.05, 0) is 23.9 Å². The van der Waals surface area contributed by atoms with Crippen LogP contribution in [-0.2, 0) is 4.43 Å². The van der Waals surface area contributed by atoms with Crippen LogP contribution in [0.15, 0.2) is 0 Å². The van der Waals surface area contributed by atoms with E-state index in [0.717, 1.165) is 11.8 Å². The molecule has 0 aromatic heterocycles. The summed E-state index contributed by atoms with van der Waals surface area (Å²) in [6.07, 6.45) is 2.70. The van der Waals surface area contributed by atoms with Crippen LogP contribution in [0, 0.1) is 11.8 Å². The second-order valence-electron chi connectivity index (χ2n) is 4.80. The first kappa shape index (κ1) is 13.2. The highest BCUT2D eigenvalue weighted by molar-refractivity contribution is 6.51. The summed E-state index contributed by atoms with van der Waals surface area (Å²) in [6.45, 7) is 9.18. The molecule has 0 aliphatic rings. The van der Waals surface area contributed by atoms with Crippen LogP contribution in [0.5, 0.6) is 0 Å². The van der Waals surface area contributed by atoms with Crippen LogP contribution in [0.2, 0.25) is 12.1 Å². The molecule has 0 N–H and O–H groups in total. The second-order valence-corrected chi connectivity index (χ2v) is 7.67. The molecule has 0 aliphatic heterocycles. The minimum Gasteiger partial charge on any atom is -0.423 e. The molecule has 80 valence electrons. The SMILES string of the molecule is CO[SiH](CCC(C)C)CCC(C)C. The first-order chi connectivity index (χ1) is 6.06. The van der Waals surface area contributed by atoms with Gasteiger partial charge in [-0.2, -0.15) is 0 Å². The lowest BCUT2D eigenvalue weighted by Crippen LogP contribution is -2.16. The molecule has 13 heavy (non-hydrogen) atoms. The van der Waals surface area contributed by atoms with E-state index in [0.29, 0.717) is 0 Å². The molecule has 0 spiro atoms. The van der Waals surface area contributed by atoms with Gasteiger partial charge in [-0.25, -0.2) is 0 Å². The van der Waals surface area contributed by atoms with Crippen molar-refractivity contribution in [3.05, 3.63) is 0 Å². The monoisotopic (exact) mass is 202 g/mol. The Morgan fingerprint density at radius 3 is 1.54 bits per heavy atom. The topological polar surface area (TPSA) is 9.23 Å². The lowest BCUT2D eigenvalue weighted by molar-refractivity contribution is 0.406. The van der Waals surface area contributed by atoms with E-state index in [4.69, 9.17) is 4.43 Å². The minimum atomic E-state index is -0.825. The smallest absolute Gasteiger partial charge is 0.176 e. The van der Waals surface area contributed by atoms with E-state index in [1.165, 1.54) is 24.9 Å². The molecule has 0 aromatic rings. The molecule has 0 fully saturated rings. The van der Waals surface area contributed by atoms with E-state index in [1.54, 1.807) is 0 Å². The van der Waals surface area contributed by atoms with Crippen molar-refractivity contribution < 1.29 is 4.43 Å². The maximum atomic E-state index is 5.59. The zero-order valence-corrected chi connectivity index (χ0v) is 11.1. The van der Waals surface area contributed by atoms with Crippen LogP contribution >= 0.6 is 0 Å². The molecule has 0 amide bonds. The average Bonchev–Trinajstić information content (AvgIpc) is 2.04. The van der Waals surface area contributed by atoms with Gasteiger partial charge in [0, 0.05) is 7.11 Å². The highest BCUT2D eigenvalue weighted by Crippen LogP contribution is 2.15.